The summed E-state index contributed by atoms with van der Waals surface area (Å²) in [6.07, 6.45) is 0. The van der Waals surface area contributed by atoms with Gasteiger partial charge in [-0.25, -0.2) is 0 Å². The molecule has 0 N–H and O–H groups in total. The summed E-state index contributed by atoms with van der Waals surface area (Å²) in [6, 6.07) is 20.5. The van der Waals surface area contributed by atoms with Crippen molar-refractivity contribution in [2.45, 2.75) is 0 Å². The van der Waals surface area contributed by atoms with Crippen LogP contribution in [-0.4, -0.2) is 55.9 Å². The van der Waals surface area contributed by atoms with Gasteiger partial charge in [-0.3, -0.25) is 14.4 Å². The zero-order chi connectivity index (χ0) is 24.5. The highest BCUT2D eigenvalue weighted by molar-refractivity contribution is 7.98. The van der Waals surface area contributed by atoms with Gasteiger partial charge >= 0.3 is 0 Å². The molecule has 0 saturated carbocycles. The Bertz CT molecular complexity index is 975. The van der Waals surface area contributed by atoms with Gasteiger partial charge in [0.05, 0.1) is 21.3 Å². The van der Waals surface area contributed by atoms with Crippen LogP contribution in [0, 0.1) is 0 Å². The quantitative estimate of drug-likeness (QED) is 0.285. The van der Waals surface area contributed by atoms with E-state index in [2.05, 4.69) is 0 Å². The zero-order valence-corrected chi connectivity index (χ0v) is 20.2. The highest BCUT2D eigenvalue weighted by Crippen LogP contribution is 2.18. The first-order valence-corrected chi connectivity index (χ1v) is 12.3. The molecule has 0 bridgehead atoms. The molecule has 0 aliphatic rings. The number of ketones is 3. The number of ether oxygens (including phenoxy) is 3. The van der Waals surface area contributed by atoms with Crippen molar-refractivity contribution in [3.63, 3.8) is 0 Å². The van der Waals surface area contributed by atoms with E-state index < -0.39 is 10.9 Å². The average molecular weight is 480 g/mol. The molecule has 7 heteroatoms. The molecule has 0 atom stereocenters. The van der Waals surface area contributed by atoms with Crippen LogP contribution in [0.25, 0.3) is 0 Å². The van der Waals surface area contributed by atoms with Crippen molar-refractivity contribution in [2.75, 3.05) is 38.6 Å². The number of benzene rings is 3. The van der Waals surface area contributed by atoms with Crippen LogP contribution in [0.15, 0.2) is 72.8 Å². The summed E-state index contributed by atoms with van der Waals surface area (Å²) >= 11 is 0. The molecular weight excluding hydrogens is 452 g/mol. The van der Waals surface area contributed by atoms with Crippen molar-refractivity contribution in [3.05, 3.63) is 89.5 Å². The Balaban J connectivity index is 1.77. The molecule has 0 radical (unpaired) electrons. The van der Waals surface area contributed by atoms with E-state index in [9.17, 15) is 14.4 Å². The number of methoxy groups -OCH3 is 3. The summed E-state index contributed by atoms with van der Waals surface area (Å²) in [4.78, 5) is 38.9. The summed E-state index contributed by atoms with van der Waals surface area (Å²) < 4.78 is 15.4. The molecule has 0 aliphatic heterocycles. The molecule has 34 heavy (non-hydrogen) atoms. The third-order valence-electron chi connectivity index (χ3n) is 5.24. The Hall–Kier alpha value is -3.58. The molecule has 0 fully saturated rings. The predicted octanol–water partition coefficient (Wildman–Crippen LogP) is 4.28. The summed E-state index contributed by atoms with van der Waals surface area (Å²) in [7, 11) is 3.90. The van der Waals surface area contributed by atoms with Crippen LogP contribution in [0.3, 0.4) is 0 Å². The second-order valence-corrected chi connectivity index (χ2v) is 9.59. The van der Waals surface area contributed by atoms with Gasteiger partial charge in [0, 0.05) is 27.6 Å². The van der Waals surface area contributed by atoms with Gasteiger partial charge in [-0.2, -0.15) is 0 Å². The summed E-state index contributed by atoms with van der Waals surface area (Å²) in [6.45, 7) is 0. The smallest absolute Gasteiger partial charge is 0.211 e. The van der Waals surface area contributed by atoms with E-state index in [1.807, 2.05) is 0 Å². The molecule has 3 aromatic carbocycles. The van der Waals surface area contributed by atoms with E-state index in [1.54, 1.807) is 94.1 Å². The molecule has 0 amide bonds. The molecule has 0 spiro atoms. The van der Waals surface area contributed by atoms with Gasteiger partial charge in [0.1, 0.15) is 17.2 Å². The Morgan fingerprint density at radius 3 is 0.941 bits per heavy atom. The van der Waals surface area contributed by atoms with Gasteiger partial charge in [0.25, 0.3) is 0 Å². The number of rotatable bonds is 12. The van der Waals surface area contributed by atoms with E-state index in [0.29, 0.717) is 33.9 Å². The van der Waals surface area contributed by atoms with Crippen LogP contribution in [-0.2, 0) is 10.9 Å². The maximum atomic E-state index is 13.0. The second-order valence-electron chi connectivity index (χ2n) is 7.50. The maximum Gasteiger partial charge on any atom is 0.211 e. The molecule has 0 heterocycles. The van der Waals surface area contributed by atoms with E-state index in [1.165, 1.54) is 0 Å². The molecule has 0 aliphatic carbocycles. The van der Waals surface area contributed by atoms with Crippen LogP contribution in [0.1, 0.15) is 31.1 Å². The lowest BCUT2D eigenvalue weighted by atomic mass is 10.1. The number of hydrogen-bond donors (Lipinski definition) is 0. The Kier molecular flexibility index (Phi) is 8.87. The number of hydrogen-bond acceptors (Lipinski definition) is 6. The minimum absolute atomic E-state index is 0.107. The number of carbonyl (C=O) groups excluding carboxylic acids is 3. The fourth-order valence-corrected chi connectivity index (χ4v) is 5.21. The van der Waals surface area contributed by atoms with Crippen molar-refractivity contribution in [3.8, 4) is 17.2 Å². The largest absolute Gasteiger partial charge is 0.497 e. The highest BCUT2D eigenvalue weighted by Gasteiger charge is 2.30. The maximum absolute atomic E-state index is 13.0. The topological polar surface area (TPSA) is 78.9 Å². The van der Waals surface area contributed by atoms with Gasteiger partial charge in [-0.1, -0.05) is 0 Å². The van der Waals surface area contributed by atoms with Gasteiger partial charge in [-0.15, -0.1) is 0 Å². The minimum Gasteiger partial charge on any atom is -0.497 e. The zero-order valence-electron chi connectivity index (χ0n) is 19.4. The Morgan fingerprint density at radius 2 is 0.735 bits per heavy atom. The van der Waals surface area contributed by atoms with E-state index in [0.717, 1.165) is 0 Å². The molecule has 176 valence electrons. The number of Topliss-reactive ketones (excluding diaryl/α,β-unsaturated/α-hetero) is 3. The molecule has 0 aromatic heterocycles. The lowest BCUT2D eigenvalue weighted by Crippen LogP contribution is -2.30. The second kappa shape index (κ2) is 12.0. The first-order chi connectivity index (χ1) is 16.4. The van der Waals surface area contributed by atoms with Crippen LogP contribution in [0.2, 0.25) is 0 Å². The summed E-state index contributed by atoms with van der Waals surface area (Å²) in [5, 5.41) is 0. The van der Waals surface area contributed by atoms with Crippen molar-refractivity contribution in [1.82, 2.24) is 0 Å². The monoisotopic (exact) mass is 479 g/mol. The molecule has 3 aromatic rings. The van der Waals surface area contributed by atoms with Crippen molar-refractivity contribution in [1.29, 1.82) is 0 Å². The SMILES string of the molecule is COc1ccc(C(=O)C[S+](CC(=O)c2ccc(OC)cc2)CC(=O)c2ccc(OC)cc2)cc1. The first-order valence-electron chi connectivity index (χ1n) is 10.6. The Morgan fingerprint density at radius 1 is 0.500 bits per heavy atom. The fraction of sp³-hybridized carbons (Fsp3) is 0.222. The van der Waals surface area contributed by atoms with Crippen LogP contribution in [0.5, 0.6) is 17.2 Å². The van der Waals surface area contributed by atoms with E-state index >= 15 is 0 Å². The molecule has 3 rings (SSSR count). The minimum atomic E-state index is -0.780. The van der Waals surface area contributed by atoms with Crippen molar-refractivity contribution >= 4 is 28.2 Å². The fourth-order valence-electron chi connectivity index (χ4n) is 3.29. The van der Waals surface area contributed by atoms with Crippen LogP contribution in [0.4, 0.5) is 0 Å². The average Bonchev–Trinajstić information content (AvgIpc) is 2.88. The summed E-state index contributed by atoms with van der Waals surface area (Å²) in [5.74, 6) is 1.94. The standard InChI is InChI=1S/C27H27O6S/c1-31-22-10-4-19(5-11-22)25(28)16-34(17-26(29)20-6-12-23(32-2)13-7-20)18-27(30)21-8-14-24(33-3)15-9-21/h4-15H,16-18H2,1-3H3/q+1. The van der Waals surface area contributed by atoms with Gasteiger partial charge < -0.3 is 14.2 Å². The van der Waals surface area contributed by atoms with Crippen LogP contribution < -0.4 is 14.2 Å². The van der Waals surface area contributed by atoms with Crippen LogP contribution >= 0.6 is 0 Å². The normalized spacial score (nSPS) is 10.6. The highest BCUT2D eigenvalue weighted by atomic mass is 32.2. The molecule has 6 nitrogen and oxygen atoms in total. The Labute approximate surface area is 202 Å². The lowest BCUT2D eigenvalue weighted by molar-refractivity contribution is 0.102. The third kappa shape index (κ3) is 6.71. The van der Waals surface area contributed by atoms with E-state index in [-0.39, 0.29) is 34.6 Å². The van der Waals surface area contributed by atoms with Crippen molar-refractivity contribution < 1.29 is 28.6 Å². The lowest BCUT2D eigenvalue weighted by Gasteiger charge is -2.09. The van der Waals surface area contributed by atoms with Gasteiger partial charge in [-0.05, 0) is 72.8 Å². The molecular formula is C27H27O6S+. The molecule has 0 saturated heterocycles. The summed E-state index contributed by atoms with van der Waals surface area (Å²) in [5.41, 5.74) is 1.56. The van der Waals surface area contributed by atoms with Gasteiger partial charge in [0.15, 0.2) is 17.3 Å². The third-order valence-corrected chi connectivity index (χ3v) is 7.25. The van der Waals surface area contributed by atoms with Gasteiger partial charge in [0.2, 0.25) is 17.3 Å². The molecule has 0 unspecified atom stereocenters. The first kappa shape index (κ1) is 25.1. The van der Waals surface area contributed by atoms with E-state index in [4.69, 9.17) is 14.2 Å². The van der Waals surface area contributed by atoms with Crippen molar-refractivity contribution in [2.24, 2.45) is 0 Å². The predicted molar refractivity (Wildman–Crippen MR) is 134 cm³/mol. The number of carbonyl (C=O) groups is 3.